The Morgan fingerprint density at radius 3 is 2.74 bits per heavy atom. The van der Waals surface area contributed by atoms with Crippen molar-refractivity contribution < 1.29 is 9.59 Å². The fraction of sp³-hybridized carbons (Fsp3) is 0.286. The highest BCUT2D eigenvalue weighted by atomic mass is 32.2. The maximum Gasteiger partial charge on any atom is 0.240 e. The van der Waals surface area contributed by atoms with Gasteiger partial charge >= 0.3 is 0 Å². The molecule has 0 unspecified atom stereocenters. The zero-order valence-electron chi connectivity index (χ0n) is 15.5. The molecule has 2 amide bonds. The van der Waals surface area contributed by atoms with Crippen molar-refractivity contribution in [3.63, 3.8) is 0 Å². The summed E-state index contributed by atoms with van der Waals surface area (Å²) >= 11 is 1.33. The molecule has 1 heterocycles. The van der Waals surface area contributed by atoms with E-state index in [1.54, 1.807) is 0 Å². The van der Waals surface area contributed by atoms with Crippen LogP contribution in [-0.4, -0.2) is 28.8 Å². The van der Waals surface area contributed by atoms with Crippen LogP contribution >= 0.6 is 11.8 Å². The van der Waals surface area contributed by atoms with E-state index in [4.69, 9.17) is 0 Å². The zero-order valence-corrected chi connectivity index (χ0v) is 16.3. The smallest absolute Gasteiger partial charge is 0.240 e. The van der Waals surface area contributed by atoms with Crippen molar-refractivity contribution in [3.8, 4) is 0 Å². The third kappa shape index (κ3) is 5.44. The van der Waals surface area contributed by atoms with Gasteiger partial charge in [0.1, 0.15) is 5.25 Å². The lowest BCUT2D eigenvalue weighted by Crippen LogP contribution is -2.28. The molecule has 140 valence electrons. The zero-order chi connectivity index (χ0) is 19.2. The Balaban J connectivity index is 1.52. The number of hydrogen-bond donors (Lipinski definition) is 2. The number of rotatable bonds is 6. The molecule has 1 atom stereocenters. The van der Waals surface area contributed by atoms with Crippen molar-refractivity contribution in [2.24, 2.45) is 4.99 Å². The van der Waals surface area contributed by atoms with E-state index in [0.29, 0.717) is 11.7 Å². The number of amidine groups is 1. The molecular formula is C21H23N3O2S. The van der Waals surface area contributed by atoms with Gasteiger partial charge in [0.2, 0.25) is 11.8 Å². The summed E-state index contributed by atoms with van der Waals surface area (Å²) in [4.78, 5) is 28.9. The molecule has 0 bridgehead atoms. The van der Waals surface area contributed by atoms with Gasteiger partial charge in [-0.15, -0.1) is 0 Å². The summed E-state index contributed by atoms with van der Waals surface area (Å²) in [6.45, 7) is 4.53. The van der Waals surface area contributed by atoms with Crippen LogP contribution < -0.4 is 10.6 Å². The Morgan fingerprint density at radius 2 is 1.96 bits per heavy atom. The van der Waals surface area contributed by atoms with Gasteiger partial charge in [0.15, 0.2) is 5.17 Å². The Labute approximate surface area is 163 Å². The van der Waals surface area contributed by atoms with Gasteiger partial charge in [0.25, 0.3) is 0 Å². The molecule has 0 radical (unpaired) electrons. The van der Waals surface area contributed by atoms with Crippen LogP contribution in [0.5, 0.6) is 0 Å². The van der Waals surface area contributed by atoms with Crippen LogP contribution in [-0.2, 0) is 16.0 Å². The largest absolute Gasteiger partial charge is 0.326 e. The van der Waals surface area contributed by atoms with E-state index in [2.05, 4.69) is 27.8 Å². The Morgan fingerprint density at radius 1 is 1.19 bits per heavy atom. The number of aryl methyl sites for hydroxylation is 2. The average molecular weight is 382 g/mol. The van der Waals surface area contributed by atoms with Crippen LogP contribution in [0.3, 0.4) is 0 Å². The first kappa shape index (κ1) is 19.2. The Bertz CT molecular complexity index is 865. The van der Waals surface area contributed by atoms with Crippen LogP contribution in [0.15, 0.2) is 53.5 Å². The summed E-state index contributed by atoms with van der Waals surface area (Å²) in [5.41, 5.74) is 4.08. The minimum Gasteiger partial charge on any atom is -0.326 e. The van der Waals surface area contributed by atoms with Crippen LogP contribution in [0, 0.1) is 13.8 Å². The van der Waals surface area contributed by atoms with Crippen LogP contribution in [0.2, 0.25) is 0 Å². The molecule has 0 aromatic heterocycles. The first-order valence-corrected chi connectivity index (χ1v) is 9.82. The second kappa shape index (κ2) is 8.86. The molecule has 27 heavy (non-hydrogen) atoms. The van der Waals surface area contributed by atoms with Gasteiger partial charge in [-0.3, -0.25) is 14.6 Å². The first-order chi connectivity index (χ1) is 13.0. The van der Waals surface area contributed by atoms with Crippen molar-refractivity contribution in [1.29, 1.82) is 0 Å². The lowest BCUT2D eigenvalue weighted by Gasteiger charge is -2.10. The van der Waals surface area contributed by atoms with Gasteiger partial charge in [0.05, 0.1) is 0 Å². The number of amides is 2. The molecule has 0 saturated carbocycles. The minimum absolute atomic E-state index is 0.127. The SMILES string of the molecule is Cc1ccc(C)c(NC(=O)C[C@@H]2SC(=NCCc3ccccc3)NC2=O)c1. The van der Waals surface area contributed by atoms with E-state index in [9.17, 15) is 9.59 Å². The molecule has 1 fully saturated rings. The third-order valence-corrected chi connectivity index (χ3v) is 5.43. The standard InChI is InChI=1S/C21H23N3O2S/c1-14-8-9-15(2)17(12-14)23-19(25)13-18-20(26)24-21(27-18)22-11-10-16-6-4-3-5-7-16/h3-9,12,18H,10-11,13H2,1-2H3,(H,23,25)(H,22,24,26)/t18-/m0/s1. The molecule has 0 spiro atoms. The number of thioether (sulfide) groups is 1. The van der Waals surface area contributed by atoms with Gasteiger partial charge < -0.3 is 10.6 Å². The fourth-order valence-electron chi connectivity index (χ4n) is 2.79. The van der Waals surface area contributed by atoms with Crippen molar-refractivity contribution in [2.45, 2.75) is 31.9 Å². The molecule has 2 aromatic carbocycles. The highest BCUT2D eigenvalue weighted by molar-refractivity contribution is 8.15. The van der Waals surface area contributed by atoms with E-state index >= 15 is 0 Å². The van der Waals surface area contributed by atoms with Gasteiger partial charge in [-0.05, 0) is 43.0 Å². The number of carbonyl (C=O) groups is 2. The lowest BCUT2D eigenvalue weighted by atomic mass is 10.1. The van der Waals surface area contributed by atoms with Gasteiger partial charge in [-0.25, -0.2) is 0 Å². The minimum atomic E-state index is -0.439. The Hall–Kier alpha value is -2.60. The lowest BCUT2D eigenvalue weighted by molar-refractivity contribution is -0.122. The van der Waals surface area contributed by atoms with E-state index in [1.807, 2.05) is 50.2 Å². The molecule has 5 nitrogen and oxygen atoms in total. The number of nitrogens with one attached hydrogen (secondary N) is 2. The molecular weight excluding hydrogens is 358 g/mol. The summed E-state index contributed by atoms with van der Waals surface area (Å²) in [6.07, 6.45) is 0.945. The average Bonchev–Trinajstić information content (AvgIpc) is 2.98. The van der Waals surface area contributed by atoms with E-state index in [1.165, 1.54) is 17.3 Å². The van der Waals surface area contributed by atoms with E-state index < -0.39 is 5.25 Å². The summed E-state index contributed by atoms with van der Waals surface area (Å²) < 4.78 is 0. The molecule has 0 aliphatic carbocycles. The highest BCUT2D eigenvalue weighted by Crippen LogP contribution is 2.24. The second-order valence-electron chi connectivity index (χ2n) is 6.59. The predicted octanol–water partition coefficient (Wildman–Crippen LogP) is 3.46. The molecule has 2 aromatic rings. The molecule has 6 heteroatoms. The molecule has 1 aliphatic heterocycles. The van der Waals surface area contributed by atoms with Gasteiger partial charge in [-0.1, -0.05) is 54.2 Å². The Kier molecular flexibility index (Phi) is 6.29. The van der Waals surface area contributed by atoms with Crippen molar-refractivity contribution in [1.82, 2.24) is 5.32 Å². The quantitative estimate of drug-likeness (QED) is 0.805. The van der Waals surface area contributed by atoms with Crippen molar-refractivity contribution >= 4 is 34.4 Å². The summed E-state index contributed by atoms with van der Waals surface area (Å²) in [7, 11) is 0. The fourth-order valence-corrected chi connectivity index (χ4v) is 3.78. The third-order valence-electron chi connectivity index (χ3n) is 4.31. The number of benzene rings is 2. The second-order valence-corrected chi connectivity index (χ2v) is 7.78. The molecule has 1 aliphatic rings. The monoisotopic (exact) mass is 381 g/mol. The van der Waals surface area contributed by atoms with Gasteiger partial charge in [0, 0.05) is 18.7 Å². The number of carbonyl (C=O) groups excluding carboxylic acids is 2. The maximum absolute atomic E-state index is 12.3. The maximum atomic E-state index is 12.3. The summed E-state index contributed by atoms with van der Waals surface area (Å²) in [5.74, 6) is -0.323. The summed E-state index contributed by atoms with van der Waals surface area (Å²) in [6, 6.07) is 16.0. The molecule has 1 saturated heterocycles. The number of nitrogens with zero attached hydrogens (tertiary/aromatic N) is 1. The topological polar surface area (TPSA) is 70.6 Å². The van der Waals surface area contributed by atoms with E-state index in [0.717, 1.165) is 23.2 Å². The van der Waals surface area contributed by atoms with Crippen molar-refractivity contribution in [3.05, 3.63) is 65.2 Å². The molecule has 3 rings (SSSR count). The van der Waals surface area contributed by atoms with Crippen LogP contribution in [0.1, 0.15) is 23.1 Å². The number of anilines is 1. The number of aliphatic imine (C=N–C) groups is 1. The van der Waals surface area contributed by atoms with Crippen LogP contribution in [0.4, 0.5) is 5.69 Å². The highest BCUT2D eigenvalue weighted by Gasteiger charge is 2.32. The predicted molar refractivity (Wildman–Crippen MR) is 111 cm³/mol. The number of hydrogen-bond acceptors (Lipinski definition) is 4. The van der Waals surface area contributed by atoms with E-state index in [-0.39, 0.29) is 18.2 Å². The molecule has 2 N–H and O–H groups in total. The van der Waals surface area contributed by atoms with Gasteiger partial charge in [-0.2, -0.15) is 0 Å². The normalized spacial score (nSPS) is 17.8. The van der Waals surface area contributed by atoms with Crippen LogP contribution in [0.25, 0.3) is 0 Å². The first-order valence-electron chi connectivity index (χ1n) is 8.94. The summed E-state index contributed by atoms with van der Waals surface area (Å²) in [5, 5.41) is 5.84. The van der Waals surface area contributed by atoms with Crippen molar-refractivity contribution in [2.75, 3.05) is 11.9 Å².